The number of hydrogen-bond donors (Lipinski definition) is 2. The third-order valence-corrected chi connectivity index (χ3v) is 3.31. The van der Waals surface area contributed by atoms with Crippen LogP contribution in [-0.4, -0.2) is 50.8 Å². The molecular formula is C15H23N3O3. The number of ether oxygens (including phenoxy) is 2. The molecule has 0 saturated carbocycles. The molecule has 6 nitrogen and oxygen atoms in total. The predicted octanol–water partition coefficient (Wildman–Crippen LogP) is 0.571. The van der Waals surface area contributed by atoms with E-state index in [0.717, 1.165) is 30.2 Å². The molecule has 1 amide bonds. The summed E-state index contributed by atoms with van der Waals surface area (Å²) in [7, 11) is 4.01. The van der Waals surface area contributed by atoms with Crippen LogP contribution < -0.4 is 20.1 Å². The fourth-order valence-electron chi connectivity index (χ4n) is 1.99. The number of amides is 1. The molecule has 0 saturated heterocycles. The van der Waals surface area contributed by atoms with Crippen LogP contribution in [0.5, 0.6) is 11.5 Å². The third-order valence-electron chi connectivity index (χ3n) is 3.31. The highest BCUT2D eigenvalue weighted by molar-refractivity contribution is 5.81. The summed E-state index contributed by atoms with van der Waals surface area (Å²) in [5, 5.41) is 6.11. The first kappa shape index (κ1) is 15.6. The Morgan fingerprint density at radius 2 is 2.10 bits per heavy atom. The summed E-state index contributed by atoms with van der Waals surface area (Å²) in [5.41, 5.74) is 0.994. The summed E-state index contributed by atoms with van der Waals surface area (Å²) >= 11 is 0. The monoisotopic (exact) mass is 293 g/mol. The van der Waals surface area contributed by atoms with Crippen molar-refractivity contribution in [2.24, 2.45) is 0 Å². The van der Waals surface area contributed by atoms with E-state index in [1.165, 1.54) is 0 Å². The number of fused-ring (bicyclic) bond motifs is 1. The summed E-state index contributed by atoms with van der Waals surface area (Å²) in [6, 6.07) is 5.48. The van der Waals surface area contributed by atoms with Crippen molar-refractivity contribution in [3.05, 3.63) is 23.8 Å². The number of rotatable bonds is 7. The molecule has 0 fully saturated rings. The van der Waals surface area contributed by atoms with E-state index in [4.69, 9.17) is 9.47 Å². The van der Waals surface area contributed by atoms with E-state index < -0.39 is 0 Å². The molecule has 0 aliphatic carbocycles. The van der Waals surface area contributed by atoms with Gasteiger partial charge in [-0.05, 0) is 38.7 Å². The molecule has 0 bridgehead atoms. The first-order valence-corrected chi connectivity index (χ1v) is 7.10. The van der Waals surface area contributed by atoms with Crippen LogP contribution in [0.25, 0.3) is 0 Å². The maximum atomic E-state index is 12.0. The quantitative estimate of drug-likeness (QED) is 0.769. The van der Waals surface area contributed by atoms with Crippen molar-refractivity contribution in [2.75, 3.05) is 34.0 Å². The van der Waals surface area contributed by atoms with Crippen LogP contribution >= 0.6 is 0 Å². The standard InChI is InChI=1S/C15H23N3O3/c1-11(16-6-7-18(2)3)15(19)17-9-12-4-5-13-14(8-12)21-10-20-13/h4-5,8,11,16H,6-7,9-10H2,1-3H3,(H,17,19). The highest BCUT2D eigenvalue weighted by atomic mass is 16.7. The van der Waals surface area contributed by atoms with E-state index >= 15 is 0 Å². The van der Waals surface area contributed by atoms with Crippen LogP contribution in [0.4, 0.5) is 0 Å². The van der Waals surface area contributed by atoms with Gasteiger partial charge in [-0.3, -0.25) is 4.79 Å². The second-order valence-corrected chi connectivity index (χ2v) is 5.38. The molecule has 1 atom stereocenters. The largest absolute Gasteiger partial charge is 0.454 e. The molecule has 2 N–H and O–H groups in total. The lowest BCUT2D eigenvalue weighted by atomic mass is 10.2. The Balaban J connectivity index is 1.75. The van der Waals surface area contributed by atoms with E-state index in [1.54, 1.807) is 0 Å². The number of carbonyl (C=O) groups is 1. The van der Waals surface area contributed by atoms with Gasteiger partial charge in [0, 0.05) is 19.6 Å². The van der Waals surface area contributed by atoms with Crippen LogP contribution in [0.15, 0.2) is 18.2 Å². The summed E-state index contributed by atoms with van der Waals surface area (Å²) in [6.45, 7) is 4.29. The van der Waals surface area contributed by atoms with Crippen LogP contribution in [0.2, 0.25) is 0 Å². The van der Waals surface area contributed by atoms with E-state index in [2.05, 4.69) is 15.5 Å². The highest BCUT2D eigenvalue weighted by Crippen LogP contribution is 2.32. The Morgan fingerprint density at radius 3 is 2.86 bits per heavy atom. The molecule has 1 unspecified atom stereocenters. The predicted molar refractivity (Wildman–Crippen MR) is 80.4 cm³/mol. The van der Waals surface area contributed by atoms with E-state index in [9.17, 15) is 4.79 Å². The van der Waals surface area contributed by atoms with Gasteiger partial charge in [-0.15, -0.1) is 0 Å². The lowest BCUT2D eigenvalue weighted by molar-refractivity contribution is -0.122. The summed E-state index contributed by atoms with van der Waals surface area (Å²) in [5.74, 6) is 1.48. The molecule has 1 aliphatic rings. The van der Waals surface area contributed by atoms with Crippen molar-refractivity contribution in [1.29, 1.82) is 0 Å². The zero-order valence-corrected chi connectivity index (χ0v) is 12.8. The first-order valence-electron chi connectivity index (χ1n) is 7.10. The first-order chi connectivity index (χ1) is 10.1. The highest BCUT2D eigenvalue weighted by Gasteiger charge is 2.15. The maximum absolute atomic E-state index is 12.0. The zero-order valence-electron chi connectivity index (χ0n) is 12.8. The Hall–Kier alpha value is -1.79. The van der Waals surface area contributed by atoms with Crippen molar-refractivity contribution in [3.63, 3.8) is 0 Å². The Bertz CT molecular complexity index is 491. The molecule has 2 rings (SSSR count). The summed E-state index contributed by atoms with van der Waals surface area (Å²) in [6.07, 6.45) is 0. The third kappa shape index (κ3) is 4.61. The molecule has 1 aliphatic heterocycles. The van der Waals surface area contributed by atoms with Gasteiger partial charge in [0.05, 0.1) is 6.04 Å². The van der Waals surface area contributed by atoms with Gasteiger partial charge in [0.2, 0.25) is 12.7 Å². The van der Waals surface area contributed by atoms with Crippen molar-refractivity contribution >= 4 is 5.91 Å². The molecule has 1 aromatic carbocycles. The van der Waals surface area contributed by atoms with Gasteiger partial charge in [0.25, 0.3) is 0 Å². The van der Waals surface area contributed by atoms with E-state index in [0.29, 0.717) is 6.54 Å². The maximum Gasteiger partial charge on any atom is 0.237 e. The van der Waals surface area contributed by atoms with Crippen molar-refractivity contribution in [1.82, 2.24) is 15.5 Å². The number of benzene rings is 1. The van der Waals surface area contributed by atoms with Crippen molar-refractivity contribution in [3.8, 4) is 11.5 Å². The molecule has 21 heavy (non-hydrogen) atoms. The van der Waals surface area contributed by atoms with Gasteiger partial charge in [-0.1, -0.05) is 6.07 Å². The molecule has 0 aromatic heterocycles. The van der Waals surface area contributed by atoms with Gasteiger partial charge in [-0.25, -0.2) is 0 Å². The van der Waals surface area contributed by atoms with Gasteiger partial charge >= 0.3 is 0 Å². The van der Waals surface area contributed by atoms with Gasteiger partial charge < -0.3 is 25.0 Å². The van der Waals surface area contributed by atoms with Crippen LogP contribution in [-0.2, 0) is 11.3 Å². The lowest BCUT2D eigenvalue weighted by Crippen LogP contribution is -2.43. The topological polar surface area (TPSA) is 62.8 Å². The molecule has 0 radical (unpaired) electrons. The minimum Gasteiger partial charge on any atom is -0.454 e. The SMILES string of the molecule is CC(NCCN(C)C)C(=O)NCc1ccc2c(c1)OCO2. The molecule has 6 heteroatoms. The van der Waals surface area contributed by atoms with E-state index in [1.807, 2.05) is 39.2 Å². The molecule has 116 valence electrons. The lowest BCUT2D eigenvalue weighted by Gasteiger charge is -2.16. The molecule has 1 heterocycles. The second-order valence-electron chi connectivity index (χ2n) is 5.38. The molecular weight excluding hydrogens is 270 g/mol. The summed E-state index contributed by atoms with van der Waals surface area (Å²) < 4.78 is 10.6. The minimum atomic E-state index is -0.209. The van der Waals surface area contributed by atoms with Crippen LogP contribution in [0.3, 0.4) is 0 Å². The van der Waals surface area contributed by atoms with Gasteiger partial charge in [0.1, 0.15) is 0 Å². The Kier molecular flexibility index (Phi) is 5.41. The number of nitrogens with one attached hydrogen (secondary N) is 2. The zero-order chi connectivity index (χ0) is 15.2. The second kappa shape index (κ2) is 7.28. The Morgan fingerprint density at radius 1 is 1.33 bits per heavy atom. The minimum absolute atomic E-state index is 0.00794. The number of hydrogen-bond acceptors (Lipinski definition) is 5. The molecule has 0 spiro atoms. The van der Waals surface area contributed by atoms with Crippen LogP contribution in [0.1, 0.15) is 12.5 Å². The fourth-order valence-corrected chi connectivity index (χ4v) is 1.99. The van der Waals surface area contributed by atoms with E-state index in [-0.39, 0.29) is 18.7 Å². The number of nitrogens with zero attached hydrogens (tertiary/aromatic N) is 1. The van der Waals surface area contributed by atoms with Crippen molar-refractivity contribution in [2.45, 2.75) is 19.5 Å². The fraction of sp³-hybridized carbons (Fsp3) is 0.533. The van der Waals surface area contributed by atoms with Gasteiger partial charge in [-0.2, -0.15) is 0 Å². The Labute approximate surface area is 125 Å². The van der Waals surface area contributed by atoms with Crippen molar-refractivity contribution < 1.29 is 14.3 Å². The average Bonchev–Trinajstić information content (AvgIpc) is 2.91. The summed E-state index contributed by atoms with van der Waals surface area (Å²) in [4.78, 5) is 14.1. The number of carbonyl (C=O) groups excluding carboxylic acids is 1. The smallest absolute Gasteiger partial charge is 0.237 e. The van der Waals surface area contributed by atoms with Crippen LogP contribution in [0, 0.1) is 0 Å². The number of likely N-dealkylation sites (N-methyl/N-ethyl adjacent to an activating group) is 1. The average molecular weight is 293 g/mol. The molecule has 1 aromatic rings. The van der Waals surface area contributed by atoms with Gasteiger partial charge in [0.15, 0.2) is 11.5 Å². The normalized spacial score (nSPS) is 14.3.